The van der Waals surface area contributed by atoms with Crippen LogP contribution in [0.1, 0.15) is 51.0 Å². The lowest BCUT2D eigenvalue weighted by atomic mass is 10.0. The Morgan fingerprint density at radius 3 is 2.77 bits per heavy atom. The first-order valence-corrected chi connectivity index (χ1v) is 10.5. The van der Waals surface area contributed by atoms with Crippen LogP contribution >= 0.6 is 11.8 Å². The van der Waals surface area contributed by atoms with E-state index in [1.54, 1.807) is 0 Å². The molecule has 2 atom stereocenters. The van der Waals surface area contributed by atoms with Gasteiger partial charge in [0.1, 0.15) is 0 Å². The zero-order valence-electron chi connectivity index (χ0n) is 15.6. The minimum atomic E-state index is -0.703. The number of allylic oxidation sites excluding steroid dienone is 3. The van der Waals surface area contributed by atoms with Crippen LogP contribution in [0.15, 0.2) is 53.0 Å². The number of rotatable bonds is 11. The number of aliphatic carboxylic acids is 1. The van der Waals surface area contributed by atoms with E-state index in [4.69, 9.17) is 5.11 Å². The van der Waals surface area contributed by atoms with Gasteiger partial charge in [-0.1, -0.05) is 54.5 Å². The lowest BCUT2D eigenvalue weighted by Gasteiger charge is -2.12. The van der Waals surface area contributed by atoms with Crippen LogP contribution in [0.3, 0.4) is 0 Å². The molecule has 2 rings (SSSR count). The molecule has 1 aliphatic rings. The van der Waals surface area contributed by atoms with E-state index in [0.717, 1.165) is 43.4 Å². The fraction of sp³-hybridized carbons (Fsp3) is 0.500. The SMILES string of the molecule is CC1=C(SCCCCCC(=O)O)[C@@H](/C=C/C(O)Cc2ccccc2)CC1. The summed E-state index contributed by atoms with van der Waals surface area (Å²) in [4.78, 5) is 12.0. The second-order valence-electron chi connectivity index (χ2n) is 6.98. The van der Waals surface area contributed by atoms with Crippen LogP contribution in [-0.2, 0) is 11.2 Å². The van der Waals surface area contributed by atoms with Crippen molar-refractivity contribution in [2.75, 3.05) is 5.75 Å². The largest absolute Gasteiger partial charge is 0.481 e. The van der Waals surface area contributed by atoms with Crippen LogP contribution in [0.4, 0.5) is 0 Å². The van der Waals surface area contributed by atoms with E-state index in [0.29, 0.717) is 12.3 Å². The average Bonchev–Trinajstić information content (AvgIpc) is 2.97. The fourth-order valence-electron chi connectivity index (χ4n) is 3.28. The number of hydrogen-bond donors (Lipinski definition) is 2. The van der Waals surface area contributed by atoms with E-state index in [1.807, 2.05) is 48.2 Å². The molecule has 142 valence electrons. The number of carbonyl (C=O) groups is 1. The molecular formula is C22H30O3S. The standard InChI is InChI=1S/C22H30O3S/c1-17-11-12-19(22(17)26-15-7-3-6-10-21(24)25)13-14-20(23)16-18-8-4-2-5-9-18/h2,4-5,8-9,13-14,19-20,23H,3,6-7,10-12,15-16H2,1H3,(H,24,25)/b14-13+/t19-,20?/m1/s1. The monoisotopic (exact) mass is 374 g/mol. The molecule has 4 heteroatoms. The third kappa shape index (κ3) is 7.38. The zero-order valence-corrected chi connectivity index (χ0v) is 16.4. The minimum Gasteiger partial charge on any atom is -0.481 e. The van der Waals surface area contributed by atoms with Crippen molar-refractivity contribution >= 4 is 17.7 Å². The molecule has 0 aliphatic heterocycles. The topological polar surface area (TPSA) is 57.5 Å². The molecule has 1 aliphatic carbocycles. The maximum Gasteiger partial charge on any atom is 0.303 e. The number of aliphatic hydroxyl groups excluding tert-OH is 1. The molecule has 1 aromatic carbocycles. The van der Waals surface area contributed by atoms with Gasteiger partial charge in [-0.3, -0.25) is 4.79 Å². The Bertz CT molecular complexity index is 622. The normalized spacial score (nSPS) is 18.6. The summed E-state index contributed by atoms with van der Waals surface area (Å²) >= 11 is 1.91. The van der Waals surface area contributed by atoms with Gasteiger partial charge in [0, 0.05) is 18.8 Å². The maximum atomic E-state index is 10.5. The quantitative estimate of drug-likeness (QED) is 0.412. The molecule has 26 heavy (non-hydrogen) atoms. The first kappa shape index (κ1) is 20.8. The molecule has 3 nitrogen and oxygen atoms in total. The highest BCUT2D eigenvalue weighted by Gasteiger charge is 2.21. The smallest absolute Gasteiger partial charge is 0.303 e. The first-order chi connectivity index (χ1) is 12.6. The molecule has 1 unspecified atom stereocenters. The number of unbranched alkanes of at least 4 members (excludes halogenated alkanes) is 2. The minimum absolute atomic E-state index is 0.275. The van der Waals surface area contributed by atoms with E-state index in [2.05, 4.69) is 13.0 Å². The van der Waals surface area contributed by atoms with Crippen LogP contribution in [-0.4, -0.2) is 28.0 Å². The highest BCUT2D eigenvalue weighted by molar-refractivity contribution is 8.03. The molecule has 1 aromatic rings. The summed E-state index contributed by atoms with van der Waals surface area (Å²) in [7, 11) is 0. The van der Waals surface area contributed by atoms with Gasteiger partial charge in [-0.25, -0.2) is 0 Å². The molecule has 2 N–H and O–H groups in total. The number of hydrogen-bond acceptors (Lipinski definition) is 3. The summed E-state index contributed by atoms with van der Waals surface area (Å²) in [5.41, 5.74) is 2.62. The second-order valence-corrected chi connectivity index (χ2v) is 8.12. The third-order valence-electron chi connectivity index (χ3n) is 4.73. The van der Waals surface area contributed by atoms with Crippen molar-refractivity contribution in [2.24, 2.45) is 5.92 Å². The van der Waals surface area contributed by atoms with Gasteiger partial charge in [-0.15, -0.1) is 11.8 Å². The van der Waals surface area contributed by atoms with E-state index in [9.17, 15) is 9.90 Å². The number of carboxylic acid groups (broad SMARTS) is 1. The number of benzene rings is 1. The predicted molar refractivity (Wildman–Crippen MR) is 109 cm³/mol. The van der Waals surface area contributed by atoms with Crippen LogP contribution in [0.5, 0.6) is 0 Å². The average molecular weight is 375 g/mol. The number of thioether (sulfide) groups is 1. The summed E-state index contributed by atoms with van der Waals surface area (Å²) in [5, 5.41) is 18.9. The highest BCUT2D eigenvalue weighted by atomic mass is 32.2. The van der Waals surface area contributed by atoms with Crippen LogP contribution in [0.25, 0.3) is 0 Å². The van der Waals surface area contributed by atoms with Crippen molar-refractivity contribution in [3.8, 4) is 0 Å². The van der Waals surface area contributed by atoms with Gasteiger partial charge in [0.05, 0.1) is 6.10 Å². The van der Waals surface area contributed by atoms with Crippen molar-refractivity contribution in [1.82, 2.24) is 0 Å². The fourth-order valence-corrected chi connectivity index (χ4v) is 4.61. The first-order valence-electron chi connectivity index (χ1n) is 9.51. The lowest BCUT2D eigenvalue weighted by Crippen LogP contribution is -2.07. The van der Waals surface area contributed by atoms with Crippen molar-refractivity contribution in [3.05, 3.63) is 58.5 Å². The van der Waals surface area contributed by atoms with Crippen molar-refractivity contribution in [2.45, 2.75) is 58.0 Å². The number of carboxylic acids is 1. The highest BCUT2D eigenvalue weighted by Crippen LogP contribution is 2.40. The molecule has 0 fully saturated rings. The maximum absolute atomic E-state index is 10.5. The van der Waals surface area contributed by atoms with Gasteiger partial charge in [0.25, 0.3) is 0 Å². The molecule has 0 aromatic heterocycles. The van der Waals surface area contributed by atoms with Crippen LogP contribution in [0.2, 0.25) is 0 Å². The van der Waals surface area contributed by atoms with E-state index in [-0.39, 0.29) is 6.42 Å². The Hall–Kier alpha value is -1.52. The summed E-state index contributed by atoms with van der Waals surface area (Å²) < 4.78 is 0. The van der Waals surface area contributed by atoms with E-state index >= 15 is 0 Å². The Balaban J connectivity index is 1.76. The molecule has 0 radical (unpaired) electrons. The summed E-state index contributed by atoms with van der Waals surface area (Å²) in [5.74, 6) is 0.763. The van der Waals surface area contributed by atoms with Crippen molar-refractivity contribution in [1.29, 1.82) is 0 Å². The number of aliphatic hydroxyl groups is 1. The van der Waals surface area contributed by atoms with Crippen molar-refractivity contribution < 1.29 is 15.0 Å². The lowest BCUT2D eigenvalue weighted by molar-refractivity contribution is -0.137. The van der Waals surface area contributed by atoms with E-state index in [1.165, 1.54) is 10.5 Å². The molecular weight excluding hydrogens is 344 g/mol. The predicted octanol–water partition coefficient (Wildman–Crippen LogP) is 5.21. The third-order valence-corrected chi connectivity index (χ3v) is 6.19. The van der Waals surface area contributed by atoms with E-state index < -0.39 is 12.1 Å². The Morgan fingerprint density at radius 1 is 1.27 bits per heavy atom. The van der Waals surface area contributed by atoms with Gasteiger partial charge in [0.2, 0.25) is 0 Å². The summed E-state index contributed by atoms with van der Waals surface area (Å²) in [6.45, 7) is 2.21. The summed E-state index contributed by atoms with van der Waals surface area (Å²) in [6.07, 6.45) is 9.66. The Morgan fingerprint density at radius 2 is 2.04 bits per heavy atom. The van der Waals surface area contributed by atoms with Gasteiger partial charge < -0.3 is 10.2 Å². The second kappa shape index (κ2) is 11.2. The van der Waals surface area contributed by atoms with Gasteiger partial charge in [0.15, 0.2) is 0 Å². The van der Waals surface area contributed by atoms with Crippen molar-refractivity contribution in [3.63, 3.8) is 0 Å². The van der Waals surface area contributed by atoms with Gasteiger partial charge in [-0.2, -0.15) is 0 Å². The molecule has 0 bridgehead atoms. The Labute approximate surface area is 161 Å². The molecule has 0 spiro atoms. The molecule has 0 heterocycles. The van der Waals surface area contributed by atoms with Crippen LogP contribution < -0.4 is 0 Å². The molecule has 0 saturated carbocycles. The Kier molecular flexibility index (Phi) is 8.99. The molecule has 0 saturated heterocycles. The van der Waals surface area contributed by atoms with Gasteiger partial charge in [-0.05, 0) is 48.8 Å². The summed E-state index contributed by atoms with van der Waals surface area (Å²) in [6, 6.07) is 10.1. The van der Waals surface area contributed by atoms with Gasteiger partial charge >= 0.3 is 5.97 Å². The van der Waals surface area contributed by atoms with Crippen LogP contribution in [0, 0.1) is 5.92 Å². The molecule has 0 amide bonds. The zero-order chi connectivity index (χ0) is 18.8.